The molecule has 30 heavy (non-hydrogen) atoms. The summed E-state index contributed by atoms with van der Waals surface area (Å²) in [6, 6.07) is 9.26. The Morgan fingerprint density at radius 3 is 2.60 bits per heavy atom. The molecule has 3 heterocycles. The van der Waals surface area contributed by atoms with Gasteiger partial charge in [0, 0.05) is 56.4 Å². The van der Waals surface area contributed by atoms with Crippen LogP contribution in [0.15, 0.2) is 55.1 Å². The number of hydrogen-bond donors (Lipinski definition) is 2. The fourth-order valence-electron chi connectivity index (χ4n) is 3.39. The van der Waals surface area contributed by atoms with Gasteiger partial charge in [0.15, 0.2) is 0 Å². The molecule has 2 unspecified atom stereocenters. The largest absolute Gasteiger partial charge is 0.374 e. The first-order valence-electron chi connectivity index (χ1n) is 10.1. The Kier molecular flexibility index (Phi) is 7.00. The molecule has 0 saturated carbocycles. The van der Waals surface area contributed by atoms with Gasteiger partial charge in [-0.05, 0) is 44.5 Å². The predicted molar refractivity (Wildman–Crippen MR) is 116 cm³/mol. The van der Waals surface area contributed by atoms with E-state index < -0.39 is 0 Å². The summed E-state index contributed by atoms with van der Waals surface area (Å²) in [6.07, 6.45) is 7.88. The molecule has 0 saturated heterocycles. The third-order valence-corrected chi connectivity index (χ3v) is 4.92. The van der Waals surface area contributed by atoms with Crippen molar-refractivity contribution < 1.29 is 9.59 Å². The molecule has 0 fully saturated rings. The van der Waals surface area contributed by atoms with Crippen molar-refractivity contribution >= 4 is 23.1 Å². The van der Waals surface area contributed by atoms with Crippen LogP contribution in [0.4, 0.5) is 5.69 Å². The number of nitrogens with zero attached hydrogens (tertiary/aromatic N) is 4. The van der Waals surface area contributed by atoms with E-state index in [0.29, 0.717) is 25.1 Å². The van der Waals surface area contributed by atoms with E-state index in [9.17, 15) is 9.59 Å². The maximum atomic E-state index is 12.6. The Hall–Kier alpha value is -3.42. The van der Waals surface area contributed by atoms with E-state index in [-0.39, 0.29) is 23.9 Å². The smallest absolute Gasteiger partial charge is 0.270 e. The highest BCUT2D eigenvalue weighted by Gasteiger charge is 2.17. The van der Waals surface area contributed by atoms with Crippen LogP contribution in [0.5, 0.6) is 0 Å². The second-order valence-electron chi connectivity index (χ2n) is 7.53. The minimum Gasteiger partial charge on any atom is -0.374 e. The number of pyridine rings is 2. The van der Waals surface area contributed by atoms with Gasteiger partial charge in [0.25, 0.3) is 5.91 Å². The van der Waals surface area contributed by atoms with Gasteiger partial charge in [0.05, 0.1) is 6.20 Å². The molecule has 0 aromatic carbocycles. The van der Waals surface area contributed by atoms with E-state index in [4.69, 9.17) is 0 Å². The first kappa shape index (κ1) is 21.3. The minimum absolute atomic E-state index is 0.0104. The standard InChI is InChI=1S/C22H28N6O2/c1-16(25-21(29)9-13-27(3)18-7-10-23-11-8-18)14-17(2)26-22(30)19-15-24-20-6-4-5-12-28(19)20/h4-8,10-12,15-17H,9,13-14H2,1-3H3,(H,25,29)(H,26,30). The van der Waals surface area contributed by atoms with Gasteiger partial charge in [-0.2, -0.15) is 0 Å². The number of hydrogen-bond acceptors (Lipinski definition) is 5. The van der Waals surface area contributed by atoms with Crippen molar-refractivity contribution in [3.05, 3.63) is 60.8 Å². The zero-order chi connectivity index (χ0) is 21.5. The highest BCUT2D eigenvalue weighted by atomic mass is 16.2. The summed E-state index contributed by atoms with van der Waals surface area (Å²) in [4.78, 5) is 35.1. The molecular weight excluding hydrogens is 380 g/mol. The fraction of sp³-hybridized carbons (Fsp3) is 0.364. The monoisotopic (exact) mass is 408 g/mol. The average Bonchev–Trinajstić information content (AvgIpc) is 3.16. The van der Waals surface area contributed by atoms with Crippen LogP contribution in [-0.4, -0.2) is 51.9 Å². The van der Waals surface area contributed by atoms with Crippen LogP contribution in [0.2, 0.25) is 0 Å². The van der Waals surface area contributed by atoms with E-state index in [1.807, 2.05) is 62.3 Å². The molecule has 3 aromatic rings. The van der Waals surface area contributed by atoms with E-state index in [0.717, 1.165) is 11.3 Å². The number of aromatic nitrogens is 3. The van der Waals surface area contributed by atoms with Gasteiger partial charge in [-0.3, -0.25) is 19.0 Å². The second kappa shape index (κ2) is 9.87. The lowest BCUT2D eigenvalue weighted by Gasteiger charge is -2.21. The second-order valence-corrected chi connectivity index (χ2v) is 7.53. The summed E-state index contributed by atoms with van der Waals surface area (Å²) in [7, 11) is 1.95. The first-order valence-corrected chi connectivity index (χ1v) is 10.1. The van der Waals surface area contributed by atoms with Gasteiger partial charge < -0.3 is 15.5 Å². The number of rotatable bonds is 9. The van der Waals surface area contributed by atoms with Gasteiger partial charge in [-0.15, -0.1) is 0 Å². The van der Waals surface area contributed by atoms with Crippen molar-refractivity contribution in [1.29, 1.82) is 0 Å². The number of carbonyl (C=O) groups is 2. The zero-order valence-corrected chi connectivity index (χ0v) is 17.6. The van der Waals surface area contributed by atoms with Gasteiger partial charge >= 0.3 is 0 Å². The lowest BCUT2D eigenvalue weighted by Crippen LogP contribution is -2.41. The van der Waals surface area contributed by atoms with Crippen LogP contribution in [0.3, 0.4) is 0 Å². The van der Waals surface area contributed by atoms with Crippen LogP contribution in [0.25, 0.3) is 5.65 Å². The first-order chi connectivity index (χ1) is 14.4. The quantitative estimate of drug-likeness (QED) is 0.567. The van der Waals surface area contributed by atoms with Crippen LogP contribution >= 0.6 is 0 Å². The highest BCUT2D eigenvalue weighted by Crippen LogP contribution is 2.10. The average molecular weight is 409 g/mol. The van der Waals surface area contributed by atoms with Crippen LogP contribution < -0.4 is 15.5 Å². The summed E-state index contributed by atoms with van der Waals surface area (Å²) in [5.74, 6) is -0.192. The normalized spacial score (nSPS) is 12.9. The molecule has 158 valence electrons. The molecular formula is C22H28N6O2. The van der Waals surface area contributed by atoms with Crippen LogP contribution in [0.1, 0.15) is 37.2 Å². The van der Waals surface area contributed by atoms with E-state index in [1.54, 1.807) is 23.0 Å². The number of amides is 2. The topological polar surface area (TPSA) is 91.6 Å². The number of imidazole rings is 1. The Morgan fingerprint density at radius 2 is 1.83 bits per heavy atom. The fourth-order valence-corrected chi connectivity index (χ4v) is 3.39. The number of fused-ring (bicyclic) bond motifs is 1. The lowest BCUT2D eigenvalue weighted by atomic mass is 10.1. The number of nitrogens with one attached hydrogen (secondary N) is 2. The third-order valence-electron chi connectivity index (χ3n) is 4.92. The molecule has 2 amide bonds. The van der Waals surface area contributed by atoms with Crippen molar-refractivity contribution in [3.63, 3.8) is 0 Å². The summed E-state index contributed by atoms with van der Waals surface area (Å²) >= 11 is 0. The predicted octanol–water partition coefficient (Wildman–Crippen LogP) is 2.27. The van der Waals surface area contributed by atoms with Gasteiger partial charge in [0.1, 0.15) is 11.3 Å². The molecule has 8 heteroatoms. The van der Waals surface area contributed by atoms with Gasteiger partial charge in [0.2, 0.25) is 5.91 Å². The Morgan fingerprint density at radius 1 is 1.10 bits per heavy atom. The summed E-state index contributed by atoms with van der Waals surface area (Å²) in [5, 5.41) is 5.99. The van der Waals surface area contributed by atoms with Crippen LogP contribution in [0, 0.1) is 0 Å². The summed E-state index contributed by atoms with van der Waals surface area (Å²) < 4.78 is 1.76. The van der Waals surface area contributed by atoms with Gasteiger partial charge in [-0.25, -0.2) is 4.98 Å². The highest BCUT2D eigenvalue weighted by molar-refractivity contribution is 5.93. The Bertz CT molecular complexity index is 987. The summed E-state index contributed by atoms with van der Waals surface area (Å²) in [6.45, 7) is 4.49. The van der Waals surface area contributed by atoms with E-state index >= 15 is 0 Å². The van der Waals surface area contributed by atoms with Crippen LogP contribution in [-0.2, 0) is 4.79 Å². The lowest BCUT2D eigenvalue weighted by molar-refractivity contribution is -0.121. The molecule has 0 radical (unpaired) electrons. The molecule has 8 nitrogen and oxygen atoms in total. The van der Waals surface area contributed by atoms with E-state index in [2.05, 4.69) is 20.6 Å². The molecule has 2 N–H and O–H groups in total. The third kappa shape index (κ3) is 5.56. The molecule has 0 aliphatic rings. The summed E-state index contributed by atoms with van der Waals surface area (Å²) in [5.41, 5.74) is 2.25. The molecule has 0 aliphatic carbocycles. The van der Waals surface area contributed by atoms with Crippen molar-refractivity contribution in [2.45, 2.75) is 38.8 Å². The Balaban J connectivity index is 1.43. The Labute approximate surface area is 176 Å². The molecule has 3 rings (SSSR count). The van der Waals surface area contributed by atoms with Crippen molar-refractivity contribution in [2.75, 3.05) is 18.5 Å². The van der Waals surface area contributed by atoms with Crippen molar-refractivity contribution in [3.8, 4) is 0 Å². The van der Waals surface area contributed by atoms with Crippen molar-refractivity contribution in [1.82, 2.24) is 25.0 Å². The minimum atomic E-state index is -0.182. The number of carbonyl (C=O) groups excluding carboxylic acids is 2. The SMILES string of the molecule is CC(CC(C)NC(=O)c1cnc2ccccn12)NC(=O)CCN(C)c1ccncc1. The van der Waals surface area contributed by atoms with E-state index in [1.165, 1.54) is 0 Å². The molecule has 0 spiro atoms. The molecule has 3 aromatic heterocycles. The molecule has 0 aliphatic heterocycles. The number of anilines is 1. The molecule has 0 bridgehead atoms. The van der Waals surface area contributed by atoms with Gasteiger partial charge in [-0.1, -0.05) is 6.07 Å². The zero-order valence-electron chi connectivity index (χ0n) is 17.6. The maximum Gasteiger partial charge on any atom is 0.270 e. The molecule has 2 atom stereocenters. The van der Waals surface area contributed by atoms with Crippen molar-refractivity contribution in [2.24, 2.45) is 0 Å². The maximum absolute atomic E-state index is 12.6.